The Balaban J connectivity index is 2.31. The molecule has 0 radical (unpaired) electrons. The number of benzene rings is 1. The molecule has 1 aromatic carbocycles. The van der Waals surface area contributed by atoms with Gasteiger partial charge in [-0.05, 0) is 20.0 Å². The van der Waals surface area contributed by atoms with Gasteiger partial charge in [-0.25, -0.2) is 0 Å². The third-order valence-electron chi connectivity index (χ3n) is 3.86. The van der Waals surface area contributed by atoms with E-state index in [1.807, 2.05) is 14.0 Å². The summed E-state index contributed by atoms with van der Waals surface area (Å²) < 4.78 is 0. The van der Waals surface area contributed by atoms with Crippen LogP contribution in [0.1, 0.15) is 17.3 Å². The minimum absolute atomic E-state index is 0.0547. The van der Waals surface area contributed by atoms with Crippen molar-refractivity contribution in [3.8, 4) is 0 Å². The molecule has 2 rings (SSSR count). The number of hydrogen-bond acceptors (Lipinski definition) is 6. The number of amides is 1. The summed E-state index contributed by atoms with van der Waals surface area (Å²) in [6.07, 6.45) is 0. The molecule has 1 aromatic rings. The van der Waals surface area contributed by atoms with E-state index < -0.39 is 4.92 Å². The number of likely N-dealkylation sites (N-methyl/N-ethyl adjacent to an activating group) is 1. The maximum atomic E-state index is 12.6. The van der Waals surface area contributed by atoms with Gasteiger partial charge in [-0.15, -0.1) is 0 Å². The molecule has 8 nitrogen and oxygen atoms in total. The van der Waals surface area contributed by atoms with Crippen LogP contribution in [0.2, 0.25) is 0 Å². The van der Waals surface area contributed by atoms with Crippen molar-refractivity contribution in [2.45, 2.75) is 13.0 Å². The number of nitrogens with one attached hydrogen (secondary N) is 1. The van der Waals surface area contributed by atoms with Gasteiger partial charge in [0, 0.05) is 31.7 Å². The van der Waals surface area contributed by atoms with Crippen LogP contribution in [0.5, 0.6) is 0 Å². The van der Waals surface area contributed by atoms with Gasteiger partial charge in [0.05, 0.1) is 10.5 Å². The minimum atomic E-state index is -0.557. The van der Waals surface area contributed by atoms with Crippen LogP contribution in [0, 0.1) is 10.1 Å². The van der Waals surface area contributed by atoms with E-state index in [0.717, 1.165) is 6.54 Å². The molecule has 1 atom stereocenters. The number of nitro groups is 1. The zero-order valence-electron chi connectivity index (χ0n) is 12.1. The number of para-hydroxylation sites is 1. The monoisotopic (exact) mass is 293 g/mol. The average molecular weight is 293 g/mol. The fourth-order valence-corrected chi connectivity index (χ4v) is 2.43. The Morgan fingerprint density at radius 1 is 1.48 bits per heavy atom. The van der Waals surface area contributed by atoms with Gasteiger partial charge in [-0.1, -0.05) is 6.07 Å². The average Bonchev–Trinajstić information content (AvgIpc) is 2.48. The molecule has 0 saturated carbocycles. The number of hydrazine groups is 1. The molecule has 21 heavy (non-hydrogen) atoms. The van der Waals surface area contributed by atoms with E-state index in [2.05, 4.69) is 10.3 Å². The molecule has 1 amide bonds. The molecule has 0 spiro atoms. The number of hydrogen-bond donors (Lipinski definition) is 2. The third-order valence-corrected chi connectivity index (χ3v) is 3.86. The number of nitro benzene ring substituents is 1. The first-order valence-corrected chi connectivity index (χ1v) is 6.69. The molecule has 3 N–H and O–H groups in total. The van der Waals surface area contributed by atoms with E-state index in [1.54, 1.807) is 11.0 Å². The lowest BCUT2D eigenvalue weighted by molar-refractivity contribution is -0.384. The molecule has 1 fully saturated rings. The normalized spacial score (nSPS) is 19.4. The topological polar surface area (TPSA) is 105 Å². The Morgan fingerprint density at radius 3 is 2.76 bits per heavy atom. The summed E-state index contributed by atoms with van der Waals surface area (Å²) in [6, 6.07) is 4.60. The third kappa shape index (κ3) is 2.96. The SMILES string of the molecule is CC1CN(C(=O)c2cccc([N+](=O)[O-])c2NN)CCN1C. The maximum absolute atomic E-state index is 12.6. The Labute approximate surface area is 122 Å². The van der Waals surface area contributed by atoms with Crippen molar-refractivity contribution >= 4 is 17.3 Å². The van der Waals surface area contributed by atoms with E-state index in [0.29, 0.717) is 13.1 Å². The second-order valence-electron chi connectivity index (χ2n) is 5.18. The summed E-state index contributed by atoms with van der Waals surface area (Å²) in [5.74, 6) is 5.13. The Hall–Kier alpha value is -2.19. The molecule has 1 saturated heterocycles. The van der Waals surface area contributed by atoms with Crippen molar-refractivity contribution in [3.63, 3.8) is 0 Å². The predicted octanol–water partition coefficient (Wildman–Crippen LogP) is 0.657. The maximum Gasteiger partial charge on any atom is 0.294 e. The molecule has 1 aliphatic rings. The van der Waals surface area contributed by atoms with Crippen LogP contribution < -0.4 is 11.3 Å². The van der Waals surface area contributed by atoms with Crippen LogP contribution in [0.4, 0.5) is 11.4 Å². The van der Waals surface area contributed by atoms with Gasteiger partial charge in [-0.3, -0.25) is 20.8 Å². The second kappa shape index (κ2) is 6.06. The van der Waals surface area contributed by atoms with Crippen LogP contribution >= 0.6 is 0 Å². The Bertz CT molecular complexity index is 563. The van der Waals surface area contributed by atoms with Gasteiger partial charge < -0.3 is 15.2 Å². The fourth-order valence-electron chi connectivity index (χ4n) is 2.43. The molecule has 114 valence electrons. The number of anilines is 1. The first-order valence-electron chi connectivity index (χ1n) is 6.69. The molecular formula is C13H19N5O3. The Kier molecular flexibility index (Phi) is 4.39. The van der Waals surface area contributed by atoms with Crippen molar-refractivity contribution in [3.05, 3.63) is 33.9 Å². The second-order valence-corrected chi connectivity index (χ2v) is 5.18. The molecule has 0 aliphatic carbocycles. The number of nitrogens with zero attached hydrogens (tertiary/aromatic N) is 3. The Morgan fingerprint density at radius 2 is 2.19 bits per heavy atom. The van der Waals surface area contributed by atoms with Crippen molar-refractivity contribution < 1.29 is 9.72 Å². The number of nitrogen functional groups attached to an aromatic ring is 1. The van der Waals surface area contributed by atoms with Gasteiger partial charge >= 0.3 is 0 Å². The van der Waals surface area contributed by atoms with Crippen LogP contribution in [-0.4, -0.2) is 53.4 Å². The molecule has 1 heterocycles. The molecule has 1 unspecified atom stereocenters. The molecule has 1 aliphatic heterocycles. The first kappa shape index (κ1) is 15.2. The number of carbonyl (C=O) groups excluding carboxylic acids is 1. The van der Waals surface area contributed by atoms with Crippen molar-refractivity contribution in [2.24, 2.45) is 5.84 Å². The van der Waals surface area contributed by atoms with Crippen LogP contribution in [0.25, 0.3) is 0 Å². The van der Waals surface area contributed by atoms with Crippen LogP contribution in [-0.2, 0) is 0 Å². The number of piperazine rings is 1. The predicted molar refractivity (Wildman–Crippen MR) is 78.9 cm³/mol. The summed E-state index contributed by atoms with van der Waals surface area (Å²) in [6.45, 7) is 3.98. The van der Waals surface area contributed by atoms with E-state index in [-0.39, 0.29) is 28.9 Å². The lowest BCUT2D eigenvalue weighted by atomic mass is 10.1. The van der Waals surface area contributed by atoms with Crippen LogP contribution in [0.15, 0.2) is 18.2 Å². The number of carbonyl (C=O) groups is 1. The highest BCUT2D eigenvalue weighted by Gasteiger charge is 2.28. The highest BCUT2D eigenvalue weighted by atomic mass is 16.6. The smallest absolute Gasteiger partial charge is 0.294 e. The first-order chi connectivity index (χ1) is 9.95. The highest BCUT2D eigenvalue weighted by Crippen LogP contribution is 2.28. The summed E-state index contributed by atoms with van der Waals surface area (Å²) in [7, 11) is 2.01. The van der Waals surface area contributed by atoms with Crippen molar-refractivity contribution in [1.82, 2.24) is 9.80 Å². The van der Waals surface area contributed by atoms with Crippen molar-refractivity contribution in [2.75, 3.05) is 32.1 Å². The van der Waals surface area contributed by atoms with E-state index in [1.165, 1.54) is 12.1 Å². The minimum Gasteiger partial charge on any atom is -0.336 e. The lowest BCUT2D eigenvalue weighted by Gasteiger charge is -2.37. The van der Waals surface area contributed by atoms with E-state index in [4.69, 9.17) is 5.84 Å². The van der Waals surface area contributed by atoms with Crippen LogP contribution in [0.3, 0.4) is 0 Å². The summed E-state index contributed by atoms with van der Waals surface area (Å²) in [5.41, 5.74) is 2.36. The summed E-state index contributed by atoms with van der Waals surface area (Å²) >= 11 is 0. The quantitative estimate of drug-likeness (QED) is 0.482. The lowest BCUT2D eigenvalue weighted by Crippen LogP contribution is -2.52. The largest absolute Gasteiger partial charge is 0.336 e. The molecule has 0 aromatic heterocycles. The van der Waals surface area contributed by atoms with E-state index >= 15 is 0 Å². The van der Waals surface area contributed by atoms with Gasteiger partial charge in [0.15, 0.2) is 0 Å². The number of nitrogens with two attached hydrogens (primary N) is 1. The van der Waals surface area contributed by atoms with E-state index in [9.17, 15) is 14.9 Å². The van der Waals surface area contributed by atoms with Crippen molar-refractivity contribution in [1.29, 1.82) is 0 Å². The standard InChI is InChI=1S/C13H19N5O3/c1-9-8-17(7-6-16(9)2)13(19)10-4-3-5-11(18(20)21)12(10)15-14/h3-5,9,15H,6-8,14H2,1-2H3. The fraction of sp³-hybridized carbons (Fsp3) is 0.462. The molecular weight excluding hydrogens is 274 g/mol. The van der Waals surface area contributed by atoms with Gasteiger partial charge in [0.1, 0.15) is 5.69 Å². The zero-order chi connectivity index (χ0) is 15.6. The van der Waals surface area contributed by atoms with Gasteiger partial charge in [0.2, 0.25) is 0 Å². The summed E-state index contributed by atoms with van der Waals surface area (Å²) in [4.78, 5) is 26.9. The number of rotatable bonds is 3. The summed E-state index contributed by atoms with van der Waals surface area (Å²) in [5, 5.41) is 11.0. The highest BCUT2D eigenvalue weighted by molar-refractivity contribution is 6.01. The molecule has 0 bridgehead atoms. The van der Waals surface area contributed by atoms with Gasteiger partial charge in [-0.2, -0.15) is 0 Å². The zero-order valence-corrected chi connectivity index (χ0v) is 12.1. The van der Waals surface area contributed by atoms with Gasteiger partial charge in [0.25, 0.3) is 11.6 Å². The molecule has 8 heteroatoms.